The maximum Gasteiger partial charge on any atom is 1.00 e. The first-order valence-corrected chi connectivity index (χ1v) is 2.85. The smallest absolute Gasteiger partial charge is 0.527 e. The maximum absolute atomic E-state index is 10.4. The molecule has 1 N–H and O–H groups in total. The van der Waals surface area contributed by atoms with Gasteiger partial charge in [-0.3, -0.25) is 4.79 Å². The van der Waals surface area contributed by atoms with Crippen LogP contribution in [-0.4, -0.2) is 18.3 Å². The largest absolute Gasteiger partial charge is 1.00 e. The van der Waals surface area contributed by atoms with Gasteiger partial charge in [0.25, 0.3) is 6.16 Å². The van der Waals surface area contributed by atoms with Gasteiger partial charge in [-0.25, -0.2) is 0 Å². The fraction of sp³-hybridized carbons (Fsp3) is 0.600. The quantitative estimate of drug-likeness (QED) is 0.316. The first kappa shape index (κ1) is 10.7. The van der Waals surface area contributed by atoms with Crippen molar-refractivity contribution in [2.45, 2.75) is 19.1 Å². The topological polar surface area (TPSA) is 78.5 Å². The SMILES string of the molecule is O=C1CCC(OC(=O)[O-])N1.[Na+]. The average Bonchev–Trinajstić information content (AvgIpc) is 2.13. The number of hydrogen-bond acceptors (Lipinski definition) is 4. The van der Waals surface area contributed by atoms with Gasteiger partial charge in [0.15, 0.2) is 0 Å². The molecule has 1 atom stereocenters. The Hall–Kier alpha value is -0.260. The normalized spacial score (nSPS) is 21.8. The zero-order valence-electron chi connectivity index (χ0n) is 6.12. The third-order valence-corrected chi connectivity index (χ3v) is 1.19. The minimum atomic E-state index is -1.60. The molecule has 1 aliphatic heterocycles. The van der Waals surface area contributed by atoms with Crippen LogP contribution in [0.4, 0.5) is 4.79 Å². The summed E-state index contributed by atoms with van der Waals surface area (Å²) in [5.41, 5.74) is 0. The third-order valence-electron chi connectivity index (χ3n) is 1.19. The monoisotopic (exact) mass is 167 g/mol. The summed E-state index contributed by atoms with van der Waals surface area (Å²) in [6.45, 7) is 0. The summed E-state index contributed by atoms with van der Waals surface area (Å²) in [6.07, 6.45) is -1.59. The summed E-state index contributed by atoms with van der Waals surface area (Å²) in [4.78, 5) is 20.2. The van der Waals surface area contributed by atoms with E-state index in [1.807, 2.05) is 0 Å². The number of carbonyl (C=O) groups excluding carboxylic acids is 2. The predicted octanol–water partition coefficient (Wildman–Crippen LogP) is -4.41. The van der Waals surface area contributed by atoms with E-state index < -0.39 is 12.4 Å². The molecule has 6 heteroatoms. The zero-order valence-corrected chi connectivity index (χ0v) is 8.12. The maximum atomic E-state index is 10.4. The first-order chi connectivity index (χ1) is 4.68. The molecule has 0 spiro atoms. The van der Waals surface area contributed by atoms with Crippen LogP contribution in [0.25, 0.3) is 0 Å². The van der Waals surface area contributed by atoms with Crippen molar-refractivity contribution in [1.29, 1.82) is 0 Å². The van der Waals surface area contributed by atoms with E-state index in [9.17, 15) is 14.7 Å². The number of hydrogen-bond donors (Lipinski definition) is 1. The van der Waals surface area contributed by atoms with E-state index in [-0.39, 0.29) is 35.5 Å². The van der Waals surface area contributed by atoms with Gasteiger partial charge in [-0.1, -0.05) is 0 Å². The molecule has 1 heterocycles. The molecule has 1 rings (SSSR count). The molecule has 0 aromatic carbocycles. The number of nitrogens with one attached hydrogen (secondary N) is 1. The second-order valence-corrected chi connectivity index (χ2v) is 1.96. The van der Waals surface area contributed by atoms with Gasteiger partial charge in [0.2, 0.25) is 5.91 Å². The van der Waals surface area contributed by atoms with Crippen molar-refractivity contribution in [1.82, 2.24) is 5.32 Å². The van der Waals surface area contributed by atoms with E-state index in [2.05, 4.69) is 10.1 Å². The van der Waals surface area contributed by atoms with Crippen LogP contribution in [0.15, 0.2) is 0 Å². The summed E-state index contributed by atoms with van der Waals surface area (Å²) in [6, 6.07) is 0. The number of carboxylic acid groups (broad SMARTS) is 1. The molecule has 5 nitrogen and oxygen atoms in total. The van der Waals surface area contributed by atoms with Gasteiger partial charge in [-0.15, -0.1) is 0 Å². The second-order valence-electron chi connectivity index (χ2n) is 1.96. The molecule has 1 saturated heterocycles. The standard InChI is InChI=1S/C5H7NO4.Na/c7-3-1-2-4(6-3)10-5(8)9;/h4H,1-2H2,(H,6,7)(H,8,9);/q;+1/p-1. The summed E-state index contributed by atoms with van der Waals surface area (Å²) in [5.74, 6) is -0.189. The van der Waals surface area contributed by atoms with Gasteiger partial charge < -0.3 is 20.0 Å². The van der Waals surface area contributed by atoms with Crippen molar-refractivity contribution in [2.75, 3.05) is 0 Å². The Morgan fingerprint density at radius 2 is 2.36 bits per heavy atom. The molecule has 0 aromatic heterocycles. The molecule has 11 heavy (non-hydrogen) atoms. The van der Waals surface area contributed by atoms with Crippen molar-refractivity contribution in [3.8, 4) is 0 Å². The van der Waals surface area contributed by atoms with E-state index >= 15 is 0 Å². The molecule has 0 saturated carbocycles. The molecular weight excluding hydrogens is 161 g/mol. The van der Waals surface area contributed by atoms with Crippen molar-refractivity contribution < 1.29 is 49.0 Å². The van der Waals surface area contributed by atoms with Gasteiger partial charge in [0.05, 0.1) is 0 Å². The Balaban J connectivity index is 0.000001000. The molecular formula is C5H6NNaO4. The van der Waals surface area contributed by atoms with Crippen LogP contribution in [0.1, 0.15) is 12.8 Å². The van der Waals surface area contributed by atoms with Crippen molar-refractivity contribution >= 4 is 12.1 Å². The molecule has 0 bridgehead atoms. The van der Waals surface area contributed by atoms with Crippen LogP contribution >= 0.6 is 0 Å². The molecule has 0 aliphatic carbocycles. The van der Waals surface area contributed by atoms with Gasteiger partial charge in [-0.05, 0) is 6.42 Å². The van der Waals surface area contributed by atoms with Crippen LogP contribution in [0.2, 0.25) is 0 Å². The molecule has 1 fully saturated rings. The number of rotatable bonds is 1. The van der Waals surface area contributed by atoms with Crippen molar-refractivity contribution in [2.24, 2.45) is 0 Å². The fourth-order valence-corrected chi connectivity index (χ4v) is 0.791. The van der Waals surface area contributed by atoms with Crippen molar-refractivity contribution in [3.05, 3.63) is 0 Å². The Labute approximate surface area is 85.4 Å². The van der Waals surface area contributed by atoms with Crippen LogP contribution in [0.3, 0.4) is 0 Å². The number of carbonyl (C=O) groups is 2. The van der Waals surface area contributed by atoms with Crippen LogP contribution in [0, 0.1) is 0 Å². The molecule has 1 amide bonds. The Kier molecular flexibility index (Phi) is 4.48. The average molecular weight is 167 g/mol. The third kappa shape index (κ3) is 3.60. The van der Waals surface area contributed by atoms with E-state index in [4.69, 9.17) is 0 Å². The van der Waals surface area contributed by atoms with Crippen LogP contribution in [0.5, 0.6) is 0 Å². The van der Waals surface area contributed by atoms with Gasteiger partial charge in [0, 0.05) is 6.42 Å². The van der Waals surface area contributed by atoms with Crippen molar-refractivity contribution in [3.63, 3.8) is 0 Å². The molecule has 0 radical (unpaired) electrons. The van der Waals surface area contributed by atoms with E-state index in [0.29, 0.717) is 12.8 Å². The van der Waals surface area contributed by atoms with Gasteiger partial charge >= 0.3 is 29.6 Å². The second kappa shape index (κ2) is 4.58. The van der Waals surface area contributed by atoms with Gasteiger partial charge in [0.1, 0.15) is 6.23 Å². The zero-order chi connectivity index (χ0) is 7.56. The molecule has 1 unspecified atom stereocenters. The van der Waals surface area contributed by atoms with Crippen LogP contribution < -0.4 is 40.0 Å². The minimum absolute atomic E-state index is 0. The fourth-order valence-electron chi connectivity index (χ4n) is 0.791. The summed E-state index contributed by atoms with van der Waals surface area (Å²) in [5, 5.41) is 12.1. The molecule has 0 aromatic rings. The summed E-state index contributed by atoms with van der Waals surface area (Å²) in [7, 11) is 0. The number of amides is 1. The van der Waals surface area contributed by atoms with Crippen LogP contribution in [-0.2, 0) is 9.53 Å². The minimum Gasteiger partial charge on any atom is -0.527 e. The summed E-state index contributed by atoms with van der Waals surface area (Å²) < 4.78 is 4.16. The Morgan fingerprint density at radius 1 is 1.73 bits per heavy atom. The van der Waals surface area contributed by atoms with E-state index in [1.165, 1.54) is 0 Å². The Bertz CT molecular complexity index is 172. The van der Waals surface area contributed by atoms with Gasteiger partial charge in [-0.2, -0.15) is 0 Å². The molecule has 1 aliphatic rings. The predicted molar refractivity (Wildman–Crippen MR) is 27.6 cm³/mol. The van der Waals surface area contributed by atoms with E-state index in [1.54, 1.807) is 0 Å². The molecule has 56 valence electrons. The first-order valence-electron chi connectivity index (χ1n) is 2.85. The Morgan fingerprint density at radius 3 is 2.73 bits per heavy atom. The summed E-state index contributed by atoms with van der Waals surface area (Å²) >= 11 is 0. The number of ether oxygens (including phenoxy) is 1. The van der Waals surface area contributed by atoms with E-state index in [0.717, 1.165) is 0 Å².